The van der Waals surface area contributed by atoms with Gasteiger partial charge < -0.3 is 5.11 Å². The van der Waals surface area contributed by atoms with Gasteiger partial charge in [-0.15, -0.1) is 0 Å². The highest BCUT2D eigenvalue weighted by Gasteiger charge is 2.09. The largest absolute Gasteiger partial charge is 0.384 e. The first-order chi connectivity index (χ1) is 9.20. The molecule has 100 valence electrons. The summed E-state index contributed by atoms with van der Waals surface area (Å²) < 4.78 is 0. The first-order valence-corrected chi connectivity index (χ1v) is 7.04. The molecule has 2 aromatic carbocycles. The smallest absolute Gasteiger partial charge is 0.104 e. The van der Waals surface area contributed by atoms with Crippen molar-refractivity contribution >= 4 is 0 Å². The number of hydrogen-bond donors (Lipinski definition) is 1. The Labute approximate surface area is 115 Å². The molecule has 2 aromatic rings. The lowest BCUT2D eigenvalue weighted by molar-refractivity contribution is 0.220. The van der Waals surface area contributed by atoms with Crippen molar-refractivity contribution in [1.82, 2.24) is 0 Å². The Morgan fingerprint density at radius 2 is 1.42 bits per heavy atom. The fourth-order valence-corrected chi connectivity index (χ4v) is 2.19. The third-order valence-electron chi connectivity index (χ3n) is 3.51. The van der Waals surface area contributed by atoms with E-state index in [1.54, 1.807) is 0 Å². The van der Waals surface area contributed by atoms with Gasteiger partial charge in [0.2, 0.25) is 0 Å². The Morgan fingerprint density at radius 3 is 1.95 bits per heavy atom. The van der Waals surface area contributed by atoms with E-state index in [2.05, 4.69) is 26.0 Å². The van der Waals surface area contributed by atoms with Gasteiger partial charge in [-0.05, 0) is 36.5 Å². The van der Waals surface area contributed by atoms with Gasteiger partial charge in [0.05, 0.1) is 0 Å². The van der Waals surface area contributed by atoms with Crippen LogP contribution in [0.3, 0.4) is 0 Å². The number of rotatable bonds is 5. The lowest BCUT2D eigenvalue weighted by atomic mass is 9.98. The summed E-state index contributed by atoms with van der Waals surface area (Å²) >= 11 is 0. The maximum Gasteiger partial charge on any atom is 0.104 e. The van der Waals surface area contributed by atoms with Gasteiger partial charge in [0.1, 0.15) is 6.10 Å². The average Bonchev–Trinajstić information content (AvgIpc) is 2.46. The Hall–Kier alpha value is -1.60. The van der Waals surface area contributed by atoms with E-state index in [0.29, 0.717) is 0 Å². The van der Waals surface area contributed by atoms with E-state index >= 15 is 0 Å². The summed E-state index contributed by atoms with van der Waals surface area (Å²) in [5.41, 5.74) is 4.48. The van der Waals surface area contributed by atoms with E-state index in [1.165, 1.54) is 24.0 Å². The Bertz CT molecular complexity index is 496. The van der Waals surface area contributed by atoms with Crippen LogP contribution in [-0.4, -0.2) is 5.11 Å². The van der Waals surface area contributed by atoms with Crippen molar-refractivity contribution in [3.05, 3.63) is 70.8 Å². The molecule has 0 saturated carbocycles. The maximum absolute atomic E-state index is 10.3. The molecule has 1 nitrogen and oxygen atoms in total. The van der Waals surface area contributed by atoms with E-state index < -0.39 is 6.10 Å². The quantitative estimate of drug-likeness (QED) is 0.837. The molecule has 0 bridgehead atoms. The number of aryl methyl sites for hydroxylation is 2. The minimum atomic E-state index is -0.527. The predicted molar refractivity (Wildman–Crippen MR) is 80.3 cm³/mol. The highest BCUT2D eigenvalue weighted by Crippen LogP contribution is 2.22. The Balaban J connectivity index is 2.10. The van der Waals surface area contributed by atoms with Crippen LogP contribution in [-0.2, 0) is 6.42 Å². The topological polar surface area (TPSA) is 20.2 Å². The third-order valence-corrected chi connectivity index (χ3v) is 3.51. The lowest BCUT2D eigenvalue weighted by Crippen LogP contribution is -1.99. The molecule has 0 aliphatic heterocycles. The monoisotopic (exact) mass is 254 g/mol. The van der Waals surface area contributed by atoms with Crippen molar-refractivity contribution in [1.29, 1.82) is 0 Å². The van der Waals surface area contributed by atoms with Gasteiger partial charge in [-0.3, -0.25) is 0 Å². The van der Waals surface area contributed by atoms with Crippen LogP contribution < -0.4 is 0 Å². The molecule has 2 rings (SSSR count). The summed E-state index contributed by atoms with van der Waals surface area (Å²) in [5.74, 6) is 0. The molecule has 0 aliphatic rings. The average molecular weight is 254 g/mol. The van der Waals surface area contributed by atoms with Crippen LogP contribution in [0.2, 0.25) is 0 Å². The van der Waals surface area contributed by atoms with E-state index in [9.17, 15) is 5.11 Å². The highest BCUT2D eigenvalue weighted by atomic mass is 16.3. The van der Waals surface area contributed by atoms with Gasteiger partial charge in [0, 0.05) is 0 Å². The van der Waals surface area contributed by atoms with Crippen molar-refractivity contribution in [2.24, 2.45) is 0 Å². The number of aliphatic hydroxyl groups excluding tert-OH is 1. The Morgan fingerprint density at radius 1 is 0.895 bits per heavy atom. The summed E-state index contributed by atoms with van der Waals surface area (Å²) in [4.78, 5) is 0. The molecule has 1 N–H and O–H groups in total. The molecule has 0 saturated heterocycles. The molecule has 1 unspecified atom stereocenters. The molecular weight excluding hydrogens is 232 g/mol. The summed E-state index contributed by atoms with van der Waals surface area (Å²) in [6.07, 6.45) is 3.03. The van der Waals surface area contributed by atoms with Crippen molar-refractivity contribution < 1.29 is 5.11 Å². The number of hydrogen-bond acceptors (Lipinski definition) is 1. The minimum absolute atomic E-state index is 0.527. The zero-order valence-electron chi connectivity index (χ0n) is 11.8. The number of benzene rings is 2. The van der Waals surface area contributed by atoms with Gasteiger partial charge >= 0.3 is 0 Å². The third kappa shape index (κ3) is 3.68. The molecule has 0 fully saturated rings. The van der Waals surface area contributed by atoms with Crippen molar-refractivity contribution in [3.8, 4) is 0 Å². The maximum atomic E-state index is 10.3. The fourth-order valence-electron chi connectivity index (χ4n) is 2.19. The first-order valence-electron chi connectivity index (χ1n) is 7.04. The zero-order chi connectivity index (χ0) is 13.7. The zero-order valence-corrected chi connectivity index (χ0v) is 11.8. The molecule has 0 radical (unpaired) electrons. The van der Waals surface area contributed by atoms with Gasteiger partial charge in [0.25, 0.3) is 0 Å². The van der Waals surface area contributed by atoms with Crippen LogP contribution in [0.25, 0.3) is 0 Å². The standard InChI is InChI=1S/C18H22O/c1-3-4-5-15-8-12-17(13-9-15)18(19)16-10-6-14(2)7-11-16/h6-13,18-19H,3-5H2,1-2H3. The molecular formula is C18H22O. The summed E-state index contributed by atoms with van der Waals surface area (Å²) in [7, 11) is 0. The molecule has 1 heteroatoms. The molecule has 0 spiro atoms. The first kappa shape index (κ1) is 13.8. The molecule has 1 atom stereocenters. The van der Waals surface area contributed by atoms with Crippen LogP contribution in [0.15, 0.2) is 48.5 Å². The van der Waals surface area contributed by atoms with Crippen molar-refractivity contribution in [3.63, 3.8) is 0 Å². The van der Waals surface area contributed by atoms with E-state index in [-0.39, 0.29) is 0 Å². The lowest BCUT2D eigenvalue weighted by Gasteiger charge is -2.12. The van der Waals surface area contributed by atoms with E-state index in [4.69, 9.17) is 0 Å². The summed E-state index contributed by atoms with van der Waals surface area (Å²) in [6.45, 7) is 4.26. The molecule has 0 aliphatic carbocycles. The SMILES string of the molecule is CCCCc1ccc(C(O)c2ccc(C)cc2)cc1. The van der Waals surface area contributed by atoms with Crippen LogP contribution in [0.5, 0.6) is 0 Å². The van der Waals surface area contributed by atoms with Crippen molar-refractivity contribution in [2.45, 2.75) is 39.2 Å². The van der Waals surface area contributed by atoms with Crippen LogP contribution in [0.4, 0.5) is 0 Å². The minimum Gasteiger partial charge on any atom is -0.384 e. The van der Waals surface area contributed by atoms with Gasteiger partial charge in [-0.1, -0.05) is 67.4 Å². The second-order valence-corrected chi connectivity index (χ2v) is 5.16. The molecule has 0 aromatic heterocycles. The second-order valence-electron chi connectivity index (χ2n) is 5.16. The number of unbranched alkanes of at least 4 members (excludes halogenated alkanes) is 1. The predicted octanol–water partition coefficient (Wildman–Crippen LogP) is 4.42. The summed E-state index contributed by atoms with van der Waals surface area (Å²) in [5, 5.41) is 10.3. The summed E-state index contributed by atoms with van der Waals surface area (Å²) in [6, 6.07) is 16.4. The van der Waals surface area contributed by atoms with Crippen LogP contribution >= 0.6 is 0 Å². The Kier molecular flexibility index (Phi) is 4.75. The highest BCUT2D eigenvalue weighted by molar-refractivity contribution is 5.33. The normalized spacial score (nSPS) is 12.4. The molecule has 0 heterocycles. The molecule has 0 amide bonds. The fraction of sp³-hybridized carbons (Fsp3) is 0.333. The van der Waals surface area contributed by atoms with Gasteiger partial charge in [-0.2, -0.15) is 0 Å². The van der Waals surface area contributed by atoms with E-state index in [1.807, 2.05) is 36.4 Å². The van der Waals surface area contributed by atoms with Gasteiger partial charge in [0.15, 0.2) is 0 Å². The number of aliphatic hydroxyl groups is 1. The van der Waals surface area contributed by atoms with Gasteiger partial charge in [-0.25, -0.2) is 0 Å². The van der Waals surface area contributed by atoms with Crippen LogP contribution in [0.1, 0.15) is 48.1 Å². The molecule has 19 heavy (non-hydrogen) atoms. The van der Waals surface area contributed by atoms with Crippen molar-refractivity contribution in [2.75, 3.05) is 0 Å². The van der Waals surface area contributed by atoms with Crippen LogP contribution in [0, 0.1) is 6.92 Å². The van der Waals surface area contributed by atoms with E-state index in [0.717, 1.165) is 17.5 Å². The second kappa shape index (κ2) is 6.53.